The second-order valence-corrected chi connectivity index (χ2v) is 9.37. The lowest BCUT2D eigenvalue weighted by Crippen LogP contribution is -2.03. The molecule has 1 heterocycles. The van der Waals surface area contributed by atoms with Crippen molar-refractivity contribution >= 4 is 63.0 Å². The fourth-order valence-corrected chi connectivity index (χ4v) is 4.33. The van der Waals surface area contributed by atoms with E-state index in [-0.39, 0.29) is 0 Å². The monoisotopic (exact) mass is 541 g/mol. The van der Waals surface area contributed by atoms with Crippen LogP contribution in [0.2, 0.25) is 0 Å². The molecule has 5 aromatic rings. The highest BCUT2D eigenvalue weighted by Gasteiger charge is 2.29. The molecule has 0 radical (unpaired) electrons. The van der Waals surface area contributed by atoms with Crippen molar-refractivity contribution in [3.8, 4) is 0 Å². The van der Waals surface area contributed by atoms with Crippen molar-refractivity contribution in [3.05, 3.63) is 112 Å². The number of carbonyl (C=O) groups is 1. The van der Waals surface area contributed by atoms with Crippen LogP contribution >= 0.6 is 11.3 Å². The van der Waals surface area contributed by atoms with Crippen molar-refractivity contribution in [1.82, 2.24) is 0 Å². The first kappa shape index (κ1) is 25.8. The number of hydrogen-bond acceptors (Lipinski definition) is 7. The molecule has 4 aromatic carbocycles. The summed E-state index contributed by atoms with van der Waals surface area (Å²) in [5.74, 6) is 0. The number of nitrogens with zero attached hydrogens (tertiary/aromatic N) is 5. The number of halogens is 3. The average molecular weight is 542 g/mol. The summed E-state index contributed by atoms with van der Waals surface area (Å²) in [4.78, 5) is 17.0. The maximum Gasteiger partial charge on any atom is 0.416 e. The van der Waals surface area contributed by atoms with Crippen LogP contribution in [0.5, 0.6) is 0 Å². The van der Waals surface area contributed by atoms with Gasteiger partial charge in [-0.15, -0.1) is 16.5 Å². The Morgan fingerprint density at radius 2 is 1.10 bits per heavy atom. The summed E-state index contributed by atoms with van der Waals surface area (Å²) < 4.78 is 38.1. The van der Waals surface area contributed by atoms with Crippen LogP contribution in [0, 0.1) is 0 Å². The number of fused-ring (bicyclic) bond motifs is 1. The molecule has 6 nitrogen and oxygen atoms in total. The smallest absolute Gasteiger partial charge is 0.297 e. The van der Waals surface area contributed by atoms with Crippen LogP contribution in [0.15, 0.2) is 123 Å². The first-order chi connectivity index (χ1) is 18.9. The molecule has 0 aliphatic heterocycles. The maximum atomic E-state index is 12.7. The Hall–Kier alpha value is -4.83. The Morgan fingerprint density at radius 3 is 1.67 bits per heavy atom. The van der Waals surface area contributed by atoms with Gasteiger partial charge >= 0.3 is 6.18 Å². The van der Waals surface area contributed by atoms with Crippen LogP contribution in [-0.2, 0) is 6.18 Å². The molecule has 1 aromatic heterocycles. The van der Waals surface area contributed by atoms with Gasteiger partial charge in [-0.3, -0.25) is 9.79 Å². The second kappa shape index (κ2) is 11.3. The number of benzene rings is 4. The third-order valence-electron chi connectivity index (χ3n) is 5.57. The summed E-state index contributed by atoms with van der Waals surface area (Å²) in [6.45, 7) is 0. The van der Waals surface area contributed by atoms with Crippen molar-refractivity contribution in [2.75, 3.05) is 0 Å². The van der Waals surface area contributed by atoms with Gasteiger partial charge in [0, 0.05) is 21.9 Å². The van der Waals surface area contributed by atoms with Crippen LogP contribution in [0.3, 0.4) is 0 Å². The van der Waals surface area contributed by atoms with Crippen LogP contribution < -0.4 is 0 Å². The zero-order chi connectivity index (χ0) is 27.2. The summed E-state index contributed by atoms with van der Waals surface area (Å²) >= 11 is 1.37. The minimum absolute atomic E-state index is 0.313. The number of aliphatic imine (C=N–C) groups is 1. The molecule has 0 bridgehead atoms. The number of carbonyl (C=O) groups excluding carboxylic acids is 1. The van der Waals surface area contributed by atoms with Crippen molar-refractivity contribution in [2.24, 2.45) is 25.4 Å². The minimum Gasteiger partial charge on any atom is -0.297 e. The molecule has 0 spiro atoms. The number of azo groups is 2. The highest BCUT2D eigenvalue weighted by molar-refractivity contribution is 7.15. The Morgan fingerprint density at radius 1 is 0.590 bits per heavy atom. The van der Waals surface area contributed by atoms with E-state index in [1.807, 2.05) is 42.5 Å². The predicted molar refractivity (Wildman–Crippen MR) is 147 cm³/mol. The van der Waals surface area contributed by atoms with E-state index in [1.165, 1.54) is 23.5 Å². The van der Waals surface area contributed by atoms with Crippen molar-refractivity contribution in [3.63, 3.8) is 0 Å². The molecule has 10 heteroatoms. The summed E-state index contributed by atoms with van der Waals surface area (Å²) in [6.07, 6.45) is -1.84. The van der Waals surface area contributed by atoms with E-state index in [1.54, 1.807) is 36.5 Å². The molecule has 5 rings (SSSR count). The standard InChI is InChI=1S/C29H18F3N5OS/c30-29(31,32)19-5-7-20(8-6-19)34-35-21-9-11-22(12-10-21)36-37-28-16-15-27(25-3-1-2-4-26(25)28)33-17-23-13-14-24(18-38)39-23/h1-18H. The zero-order valence-corrected chi connectivity index (χ0v) is 20.9. The van der Waals surface area contributed by atoms with Gasteiger partial charge in [-0.25, -0.2) is 0 Å². The van der Waals surface area contributed by atoms with Gasteiger partial charge in [0.1, 0.15) is 0 Å². The van der Waals surface area contributed by atoms with Crippen LogP contribution in [0.25, 0.3) is 10.8 Å². The summed E-state index contributed by atoms with van der Waals surface area (Å²) in [7, 11) is 0. The first-order valence-corrected chi connectivity index (χ1v) is 12.4. The lowest BCUT2D eigenvalue weighted by molar-refractivity contribution is -0.137. The lowest BCUT2D eigenvalue weighted by Gasteiger charge is -2.05. The van der Waals surface area contributed by atoms with E-state index in [0.717, 1.165) is 39.8 Å². The largest absolute Gasteiger partial charge is 0.416 e. The van der Waals surface area contributed by atoms with E-state index < -0.39 is 11.7 Å². The van der Waals surface area contributed by atoms with Gasteiger partial charge in [-0.1, -0.05) is 24.3 Å². The van der Waals surface area contributed by atoms with Crippen molar-refractivity contribution < 1.29 is 18.0 Å². The molecule has 0 fully saturated rings. The fourth-order valence-electron chi connectivity index (χ4n) is 3.63. The number of thiophene rings is 1. The number of rotatable bonds is 7. The molecule has 0 unspecified atom stereocenters. The minimum atomic E-state index is -4.39. The van der Waals surface area contributed by atoms with Crippen molar-refractivity contribution in [2.45, 2.75) is 6.18 Å². The highest BCUT2D eigenvalue weighted by atomic mass is 32.1. The van der Waals surface area contributed by atoms with Gasteiger partial charge in [-0.2, -0.15) is 28.5 Å². The molecule has 0 atom stereocenters. The van der Waals surface area contributed by atoms with Gasteiger partial charge in [0.2, 0.25) is 0 Å². The quantitative estimate of drug-likeness (QED) is 0.115. The fraction of sp³-hybridized carbons (Fsp3) is 0.0345. The van der Waals surface area contributed by atoms with Crippen LogP contribution in [0.4, 0.5) is 41.6 Å². The molecule has 0 aliphatic carbocycles. The van der Waals surface area contributed by atoms with E-state index in [9.17, 15) is 18.0 Å². The van der Waals surface area contributed by atoms with E-state index in [2.05, 4.69) is 25.4 Å². The summed E-state index contributed by atoms with van der Waals surface area (Å²) in [5, 5.41) is 18.6. The van der Waals surface area contributed by atoms with E-state index in [0.29, 0.717) is 27.6 Å². The molecular formula is C29H18F3N5OS. The Kier molecular flexibility index (Phi) is 7.46. The van der Waals surface area contributed by atoms with Crippen LogP contribution in [-0.4, -0.2) is 12.5 Å². The third-order valence-corrected chi connectivity index (χ3v) is 6.52. The molecule has 192 valence electrons. The number of hydrogen-bond donors (Lipinski definition) is 0. The Labute approximate surface area is 224 Å². The molecule has 0 amide bonds. The molecule has 0 aliphatic rings. The average Bonchev–Trinajstić information content (AvgIpc) is 3.42. The van der Waals surface area contributed by atoms with E-state index in [4.69, 9.17) is 0 Å². The van der Waals surface area contributed by atoms with Gasteiger partial charge in [-0.05, 0) is 72.8 Å². The second-order valence-electron chi connectivity index (χ2n) is 8.23. The summed E-state index contributed by atoms with van der Waals surface area (Å²) in [5.41, 5.74) is 2.14. The van der Waals surface area contributed by atoms with Gasteiger partial charge < -0.3 is 0 Å². The maximum absolute atomic E-state index is 12.7. The molecule has 0 N–H and O–H groups in total. The van der Waals surface area contributed by atoms with E-state index >= 15 is 0 Å². The molecular weight excluding hydrogens is 523 g/mol. The summed E-state index contributed by atoms with van der Waals surface area (Å²) in [6, 6.07) is 26.4. The third kappa shape index (κ3) is 6.36. The zero-order valence-electron chi connectivity index (χ0n) is 20.1. The highest BCUT2D eigenvalue weighted by Crippen LogP contribution is 2.35. The first-order valence-electron chi connectivity index (χ1n) is 11.6. The number of aldehydes is 1. The lowest BCUT2D eigenvalue weighted by atomic mass is 10.1. The van der Waals surface area contributed by atoms with Gasteiger partial charge in [0.05, 0.1) is 38.9 Å². The molecule has 0 saturated heterocycles. The van der Waals surface area contributed by atoms with Crippen molar-refractivity contribution in [1.29, 1.82) is 0 Å². The van der Waals surface area contributed by atoms with Crippen LogP contribution in [0.1, 0.15) is 20.1 Å². The molecule has 39 heavy (non-hydrogen) atoms. The topological polar surface area (TPSA) is 78.9 Å². The molecule has 0 saturated carbocycles. The Balaban J connectivity index is 1.30. The normalized spacial score (nSPS) is 12.3. The SMILES string of the molecule is O=Cc1ccc(C=Nc2ccc(N=Nc3ccc(N=Nc4ccc(C(F)(F)F)cc4)cc3)c3ccccc23)s1. The van der Waals surface area contributed by atoms with Gasteiger partial charge in [0.25, 0.3) is 0 Å². The van der Waals surface area contributed by atoms with Gasteiger partial charge in [0.15, 0.2) is 6.29 Å². The Bertz CT molecular complexity index is 1710. The predicted octanol–water partition coefficient (Wildman–Crippen LogP) is 10.3. The number of alkyl halides is 3.